The van der Waals surface area contributed by atoms with Gasteiger partial charge in [0.05, 0.1) is 0 Å². The Bertz CT molecular complexity index is 416. The number of hydrogen-bond donors (Lipinski definition) is 3. The van der Waals surface area contributed by atoms with Gasteiger partial charge in [-0.15, -0.1) is 0 Å². The second-order valence-electron chi connectivity index (χ2n) is 5.60. The number of primary amides is 1. The molecule has 0 aliphatic carbocycles. The number of nitrogens with one attached hydrogen (secondary N) is 2. The van der Waals surface area contributed by atoms with E-state index in [9.17, 15) is 4.79 Å². The predicted octanol–water partition coefficient (Wildman–Crippen LogP) is 0.951. The second-order valence-corrected chi connectivity index (χ2v) is 5.60. The lowest BCUT2D eigenvalue weighted by Crippen LogP contribution is -2.45. The fourth-order valence-electron chi connectivity index (χ4n) is 2.75. The molecule has 4 N–H and O–H groups in total. The summed E-state index contributed by atoms with van der Waals surface area (Å²) in [5.74, 6) is 0. The van der Waals surface area contributed by atoms with Gasteiger partial charge in [0, 0.05) is 25.7 Å². The Balaban J connectivity index is 1.57. The molecule has 1 aliphatic heterocycles. The second kappa shape index (κ2) is 8.64. The van der Waals surface area contributed by atoms with Crippen molar-refractivity contribution >= 4 is 6.03 Å². The molecule has 0 radical (unpaired) electrons. The average Bonchev–Trinajstić information content (AvgIpc) is 2.51. The SMILES string of the molecule is NC(=O)NCCNC1CCN(CCc2ccccc2)CC1. The van der Waals surface area contributed by atoms with Crippen LogP contribution in [0.2, 0.25) is 0 Å². The lowest BCUT2D eigenvalue weighted by Gasteiger charge is -2.32. The number of urea groups is 1. The number of rotatable bonds is 7. The van der Waals surface area contributed by atoms with E-state index in [4.69, 9.17) is 5.73 Å². The van der Waals surface area contributed by atoms with E-state index in [0.717, 1.165) is 32.6 Å². The maximum absolute atomic E-state index is 10.6. The fourth-order valence-corrected chi connectivity index (χ4v) is 2.75. The van der Waals surface area contributed by atoms with Gasteiger partial charge in [0.1, 0.15) is 0 Å². The summed E-state index contributed by atoms with van der Waals surface area (Å²) in [6.45, 7) is 4.82. The molecule has 1 heterocycles. The highest BCUT2D eigenvalue weighted by atomic mass is 16.2. The lowest BCUT2D eigenvalue weighted by molar-refractivity contribution is 0.200. The molecular weight excluding hydrogens is 264 g/mol. The normalized spacial score (nSPS) is 16.8. The molecule has 21 heavy (non-hydrogen) atoms. The van der Waals surface area contributed by atoms with E-state index in [2.05, 4.69) is 45.9 Å². The van der Waals surface area contributed by atoms with Crippen LogP contribution in [0.1, 0.15) is 18.4 Å². The molecule has 1 aromatic rings. The third-order valence-corrected chi connectivity index (χ3v) is 4.00. The monoisotopic (exact) mass is 290 g/mol. The Kier molecular flexibility index (Phi) is 6.50. The highest BCUT2D eigenvalue weighted by molar-refractivity contribution is 5.71. The van der Waals surface area contributed by atoms with Gasteiger partial charge < -0.3 is 21.3 Å². The Morgan fingerprint density at radius 2 is 1.90 bits per heavy atom. The molecule has 1 saturated heterocycles. The molecule has 0 bridgehead atoms. The minimum atomic E-state index is -0.451. The van der Waals surface area contributed by atoms with E-state index < -0.39 is 6.03 Å². The number of benzene rings is 1. The molecule has 0 atom stereocenters. The molecule has 0 aromatic heterocycles. The van der Waals surface area contributed by atoms with Crippen molar-refractivity contribution in [1.29, 1.82) is 0 Å². The molecule has 1 aliphatic rings. The Labute approximate surface area is 126 Å². The van der Waals surface area contributed by atoms with Gasteiger partial charge in [0.2, 0.25) is 0 Å². The number of nitrogens with zero attached hydrogens (tertiary/aromatic N) is 1. The lowest BCUT2D eigenvalue weighted by atomic mass is 10.0. The molecule has 1 aromatic carbocycles. The molecule has 116 valence electrons. The predicted molar refractivity (Wildman–Crippen MR) is 85.2 cm³/mol. The van der Waals surface area contributed by atoms with Crippen molar-refractivity contribution in [3.8, 4) is 0 Å². The number of carbonyl (C=O) groups excluding carboxylic acids is 1. The highest BCUT2D eigenvalue weighted by Gasteiger charge is 2.18. The first-order chi connectivity index (χ1) is 10.2. The van der Waals surface area contributed by atoms with Crippen LogP contribution in [0.25, 0.3) is 0 Å². The van der Waals surface area contributed by atoms with Crippen LogP contribution in [-0.4, -0.2) is 49.7 Å². The van der Waals surface area contributed by atoms with Crippen LogP contribution in [0.4, 0.5) is 4.79 Å². The van der Waals surface area contributed by atoms with Crippen molar-refractivity contribution in [1.82, 2.24) is 15.5 Å². The van der Waals surface area contributed by atoms with Gasteiger partial charge in [-0.3, -0.25) is 0 Å². The van der Waals surface area contributed by atoms with Crippen LogP contribution in [0, 0.1) is 0 Å². The molecule has 5 nitrogen and oxygen atoms in total. The van der Waals surface area contributed by atoms with Gasteiger partial charge in [-0.2, -0.15) is 0 Å². The maximum Gasteiger partial charge on any atom is 0.312 e. The fraction of sp³-hybridized carbons (Fsp3) is 0.562. The summed E-state index contributed by atoms with van der Waals surface area (Å²) in [6, 6.07) is 10.8. The van der Waals surface area contributed by atoms with Crippen LogP contribution < -0.4 is 16.4 Å². The van der Waals surface area contributed by atoms with Gasteiger partial charge >= 0.3 is 6.03 Å². The molecule has 0 spiro atoms. The van der Waals surface area contributed by atoms with Crippen molar-refractivity contribution in [2.45, 2.75) is 25.3 Å². The first-order valence-corrected chi connectivity index (χ1v) is 7.77. The van der Waals surface area contributed by atoms with Gasteiger partial charge in [0.25, 0.3) is 0 Å². The van der Waals surface area contributed by atoms with Crippen molar-refractivity contribution in [2.24, 2.45) is 5.73 Å². The van der Waals surface area contributed by atoms with Gasteiger partial charge in [-0.05, 0) is 37.9 Å². The van der Waals surface area contributed by atoms with E-state index in [1.807, 2.05) is 0 Å². The summed E-state index contributed by atoms with van der Waals surface area (Å²) in [7, 11) is 0. The van der Waals surface area contributed by atoms with Crippen LogP contribution in [-0.2, 0) is 6.42 Å². The molecule has 2 amide bonds. The van der Waals surface area contributed by atoms with E-state index in [0.29, 0.717) is 12.6 Å². The molecule has 0 saturated carbocycles. The number of nitrogens with two attached hydrogens (primary N) is 1. The molecule has 1 fully saturated rings. The Hall–Kier alpha value is -1.59. The van der Waals surface area contributed by atoms with Crippen LogP contribution >= 0.6 is 0 Å². The Morgan fingerprint density at radius 1 is 1.19 bits per heavy atom. The van der Waals surface area contributed by atoms with E-state index in [1.54, 1.807) is 0 Å². The zero-order valence-corrected chi connectivity index (χ0v) is 12.6. The first kappa shape index (κ1) is 15.8. The van der Waals surface area contributed by atoms with Crippen molar-refractivity contribution in [2.75, 3.05) is 32.7 Å². The minimum Gasteiger partial charge on any atom is -0.352 e. The summed E-state index contributed by atoms with van der Waals surface area (Å²) >= 11 is 0. The van der Waals surface area contributed by atoms with Gasteiger partial charge in [-0.1, -0.05) is 30.3 Å². The number of piperidine rings is 1. The topological polar surface area (TPSA) is 70.4 Å². The van der Waals surface area contributed by atoms with Crippen molar-refractivity contribution < 1.29 is 4.79 Å². The van der Waals surface area contributed by atoms with Crippen LogP contribution in [0.15, 0.2) is 30.3 Å². The molecule has 5 heteroatoms. The molecule has 2 rings (SSSR count). The first-order valence-electron chi connectivity index (χ1n) is 7.77. The van der Waals surface area contributed by atoms with E-state index in [1.165, 1.54) is 18.4 Å². The summed E-state index contributed by atoms with van der Waals surface area (Å²) in [6.07, 6.45) is 3.47. The smallest absolute Gasteiger partial charge is 0.312 e. The average molecular weight is 290 g/mol. The quantitative estimate of drug-likeness (QED) is 0.655. The third-order valence-electron chi connectivity index (χ3n) is 4.00. The summed E-state index contributed by atoms with van der Waals surface area (Å²) in [5, 5.41) is 6.07. The van der Waals surface area contributed by atoms with E-state index in [-0.39, 0.29) is 0 Å². The highest BCUT2D eigenvalue weighted by Crippen LogP contribution is 2.11. The molecule has 0 unspecified atom stereocenters. The van der Waals surface area contributed by atoms with Crippen molar-refractivity contribution in [3.63, 3.8) is 0 Å². The standard InChI is InChI=1S/C16H26N4O/c17-16(21)19-10-9-18-15-7-12-20(13-8-15)11-6-14-4-2-1-3-5-14/h1-5,15,18H,6-13H2,(H3,17,19,21). The van der Waals surface area contributed by atoms with Crippen LogP contribution in [0.3, 0.4) is 0 Å². The Morgan fingerprint density at radius 3 is 2.57 bits per heavy atom. The maximum atomic E-state index is 10.6. The summed E-state index contributed by atoms with van der Waals surface area (Å²) in [5.41, 5.74) is 6.44. The third kappa shape index (κ3) is 6.14. The minimum absolute atomic E-state index is 0.451. The van der Waals surface area contributed by atoms with Crippen LogP contribution in [0.5, 0.6) is 0 Å². The number of hydrogen-bond acceptors (Lipinski definition) is 3. The zero-order valence-electron chi connectivity index (χ0n) is 12.6. The largest absolute Gasteiger partial charge is 0.352 e. The van der Waals surface area contributed by atoms with Gasteiger partial charge in [-0.25, -0.2) is 4.79 Å². The zero-order chi connectivity index (χ0) is 14.9. The summed E-state index contributed by atoms with van der Waals surface area (Å²) in [4.78, 5) is 13.1. The van der Waals surface area contributed by atoms with Gasteiger partial charge in [0.15, 0.2) is 0 Å². The number of likely N-dealkylation sites (tertiary alicyclic amines) is 1. The number of amides is 2. The number of carbonyl (C=O) groups is 1. The molecular formula is C16H26N4O. The van der Waals surface area contributed by atoms with Crippen molar-refractivity contribution in [3.05, 3.63) is 35.9 Å². The van der Waals surface area contributed by atoms with E-state index >= 15 is 0 Å². The summed E-state index contributed by atoms with van der Waals surface area (Å²) < 4.78 is 0.